The van der Waals surface area contributed by atoms with Crippen molar-refractivity contribution in [3.8, 4) is 11.5 Å². The average molecular weight is 372 g/mol. The predicted molar refractivity (Wildman–Crippen MR) is 108 cm³/mol. The Balaban J connectivity index is 2.03. The SMILES string of the molecule is CCCCOc1ccccc1C(=O)NC(=S)Nc1ccccc1OCC. The summed E-state index contributed by atoms with van der Waals surface area (Å²) in [6.07, 6.45) is 1.96. The first kappa shape index (κ1) is 19.7. The van der Waals surface area contributed by atoms with Crippen LogP contribution in [0.4, 0.5) is 5.69 Å². The minimum atomic E-state index is -0.316. The molecule has 0 unspecified atom stereocenters. The third-order valence-electron chi connectivity index (χ3n) is 3.55. The van der Waals surface area contributed by atoms with Crippen LogP contribution in [0.5, 0.6) is 11.5 Å². The fourth-order valence-corrected chi connectivity index (χ4v) is 2.48. The van der Waals surface area contributed by atoms with E-state index in [2.05, 4.69) is 17.6 Å². The van der Waals surface area contributed by atoms with Gasteiger partial charge in [0.15, 0.2) is 5.11 Å². The summed E-state index contributed by atoms with van der Waals surface area (Å²) in [7, 11) is 0. The Bertz CT molecular complexity index is 749. The van der Waals surface area contributed by atoms with Crippen molar-refractivity contribution in [3.05, 3.63) is 54.1 Å². The minimum absolute atomic E-state index is 0.200. The Morgan fingerprint density at radius 3 is 2.42 bits per heavy atom. The summed E-state index contributed by atoms with van der Waals surface area (Å²) in [5, 5.41) is 5.89. The lowest BCUT2D eigenvalue weighted by molar-refractivity contribution is 0.0973. The summed E-state index contributed by atoms with van der Waals surface area (Å²) < 4.78 is 11.3. The largest absolute Gasteiger partial charge is 0.493 e. The molecule has 2 aromatic rings. The Morgan fingerprint density at radius 2 is 1.69 bits per heavy atom. The molecule has 0 saturated carbocycles. The zero-order valence-corrected chi connectivity index (χ0v) is 15.9. The van der Waals surface area contributed by atoms with Gasteiger partial charge in [0.25, 0.3) is 5.91 Å². The molecule has 0 spiro atoms. The summed E-state index contributed by atoms with van der Waals surface area (Å²) in [5.41, 5.74) is 1.15. The topological polar surface area (TPSA) is 59.6 Å². The molecule has 0 bridgehead atoms. The normalized spacial score (nSPS) is 10.1. The molecule has 5 nitrogen and oxygen atoms in total. The molecule has 138 valence electrons. The van der Waals surface area contributed by atoms with Gasteiger partial charge in [-0.25, -0.2) is 0 Å². The maximum atomic E-state index is 12.6. The number of ether oxygens (including phenoxy) is 2. The minimum Gasteiger partial charge on any atom is -0.493 e. The fourth-order valence-electron chi connectivity index (χ4n) is 2.28. The van der Waals surface area contributed by atoms with Crippen LogP contribution in [0.2, 0.25) is 0 Å². The molecule has 0 aliphatic heterocycles. The Kier molecular flexibility index (Phi) is 7.89. The Labute approximate surface area is 159 Å². The van der Waals surface area contributed by atoms with E-state index < -0.39 is 0 Å². The van der Waals surface area contributed by atoms with Crippen molar-refractivity contribution in [1.29, 1.82) is 0 Å². The second-order valence-corrected chi connectivity index (χ2v) is 5.94. The maximum Gasteiger partial charge on any atom is 0.261 e. The van der Waals surface area contributed by atoms with E-state index in [9.17, 15) is 4.79 Å². The fraction of sp³-hybridized carbons (Fsp3) is 0.300. The quantitative estimate of drug-likeness (QED) is 0.532. The lowest BCUT2D eigenvalue weighted by Gasteiger charge is -2.15. The summed E-state index contributed by atoms with van der Waals surface area (Å²) in [6.45, 7) is 5.12. The lowest BCUT2D eigenvalue weighted by atomic mass is 10.2. The molecule has 2 aromatic carbocycles. The highest BCUT2D eigenvalue weighted by Gasteiger charge is 2.14. The van der Waals surface area contributed by atoms with Crippen LogP contribution in [0.15, 0.2) is 48.5 Å². The summed E-state index contributed by atoms with van der Waals surface area (Å²) in [6, 6.07) is 14.6. The van der Waals surface area contributed by atoms with Crippen LogP contribution in [-0.2, 0) is 0 Å². The highest BCUT2D eigenvalue weighted by molar-refractivity contribution is 7.80. The second kappa shape index (κ2) is 10.4. The van der Waals surface area contributed by atoms with Crippen molar-refractivity contribution in [2.24, 2.45) is 0 Å². The van der Waals surface area contributed by atoms with Gasteiger partial charge in [-0.1, -0.05) is 37.6 Å². The Morgan fingerprint density at radius 1 is 1.00 bits per heavy atom. The molecule has 0 aliphatic rings. The third-order valence-corrected chi connectivity index (χ3v) is 3.75. The van der Waals surface area contributed by atoms with E-state index >= 15 is 0 Å². The van der Waals surface area contributed by atoms with E-state index in [4.69, 9.17) is 21.7 Å². The van der Waals surface area contributed by atoms with Crippen LogP contribution in [0.25, 0.3) is 0 Å². The third kappa shape index (κ3) is 5.74. The van der Waals surface area contributed by atoms with E-state index in [1.165, 1.54) is 0 Å². The molecule has 0 heterocycles. The molecule has 0 aliphatic carbocycles. The molecular weight excluding hydrogens is 348 g/mol. The van der Waals surface area contributed by atoms with E-state index in [1.807, 2.05) is 37.3 Å². The molecular formula is C20H24N2O3S. The van der Waals surface area contributed by atoms with E-state index in [-0.39, 0.29) is 11.0 Å². The van der Waals surface area contributed by atoms with Crippen LogP contribution < -0.4 is 20.1 Å². The lowest BCUT2D eigenvalue weighted by Crippen LogP contribution is -2.34. The number of amides is 1. The van der Waals surface area contributed by atoms with Crippen molar-refractivity contribution in [3.63, 3.8) is 0 Å². The first-order valence-electron chi connectivity index (χ1n) is 8.71. The van der Waals surface area contributed by atoms with Crippen LogP contribution >= 0.6 is 12.2 Å². The van der Waals surface area contributed by atoms with Crippen LogP contribution in [0, 0.1) is 0 Å². The number of hydrogen-bond acceptors (Lipinski definition) is 4. The number of benzene rings is 2. The number of hydrogen-bond donors (Lipinski definition) is 2. The van der Waals surface area contributed by atoms with Gasteiger partial charge < -0.3 is 14.8 Å². The number of thiocarbonyl (C=S) groups is 1. The zero-order chi connectivity index (χ0) is 18.8. The molecule has 0 saturated heterocycles. The van der Waals surface area contributed by atoms with Gasteiger partial charge in [0.05, 0.1) is 24.5 Å². The maximum absolute atomic E-state index is 12.6. The summed E-state index contributed by atoms with van der Waals surface area (Å²) in [4.78, 5) is 12.6. The van der Waals surface area contributed by atoms with Gasteiger partial charge in [0.1, 0.15) is 11.5 Å². The standard InChI is InChI=1S/C20H24N2O3S/c1-3-5-14-25-17-12-8-6-10-15(17)19(23)22-20(26)21-16-11-7-9-13-18(16)24-4-2/h6-13H,3-5,14H2,1-2H3,(H2,21,22,23,26). The van der Waals surface area contributed by atoms with Crippen LogP contribution in [-0.4, -0.2) is 24.2 Å². The van der Waals surface area contributed by atoms with Crippen LogP contribution in [0.3, 0.4) is 0 Å². The first-order valence-corrected chi connectivity index (χ1v) is 9.12. The summed E-state index contributed by atoms with van der Waals surface area (Å²) in [5.74, 6) is 0.911. The van der Waals surface area contributed by atoms with Crippen molar-refractivity contribution < 1.29 is 14.3 Å². The van der Waals surface area contributed by atoms with Gasteiger partial charge in [-0.2, -0.15) is 0 Å². The van der Waals surface area contributed by atoms with Crippen molar-refractivity contribution in [2.75, 3.05) is 18.5 Å². The van der Waals surface area contributed by atoms with Crippen LogP contribution in [0.1, 0.15) is 37.0 Å². The van der Waals surface area contributed by atoms with Gasteiger partial charge in [-0.15, -0.1) is 0 Å². The number of nitrogens with one attached hydrogen (secondary N) is 2. The van der Waals surface area contributed by atoms with Crippen molar-refractivity contribution in [2.45, 2.75) is 26.7 Å². The van der Waals surface area contributed by atoms with Gasteiger partial charge in [-0.3, -0.25) is 10.1 Å². The van der Waals surface area contributed by atoms with E-state index in [1.54, 1.807) is 18.2 Å². The highest BCUT2D eigenvalue weighted by atomic mass is 32.1. The second-order valence-electron chi connectivity index (χ2n) is 5.54. The van der Waals surface area contributed by atoms with Gasteiger partial charge in [0.2, 0.25) is 0 Å². The number of anilines is 1. The van der Waals surface area contributed by atoms with Gasteiger partial charge in [0, 0.05) is 0 Å². The van der Waals surface area contributed by atoms with E-state index in [0.717, 1.165) is 12.8 Å². The number of rotatable bonds is 8. The number of carbonyl (C=O) groups excluding carboxylic acids is 1. The smallest absolute Gasteiger partial charge is 0.261 e. The number of carbonyl (C=O) groups is 1. The predicted octanol–water partition coefficient (Wildman–Crippen LogP) is 4.39. The molecule has 26 heavy (non-hydrogen) atoms. The molecule has 2 rings (SSSR count). The van der Waals surface area contributed by atoms with Crippen molar-refractivity contribution >= 4 is 28.9 Å². The summed E-state index contributed by atoms with van der Waals surface area (Å²) >= 11 is 5.27. The average Bonchev–Trinajstić information content (AvgIpc) is 2.64. The molecule has 2 N–H and O–H groups in total. The van der Waals surface area contributed by atoms with Crippen molar-refractivity contribution in [1.82, 2.24) is 5.32 Å². The zero-order valence-electron chi connectivity index (χ0n) is 15.1. The first-order chi connectivity index (χ1) is 12.7. The molecule has 6 heteroatoms. The molecule has 1 amide bonds. The molecule has 0 fully saturated rings. The highest BCUT2D eigenvalue weighted by Crippen LogP contribution is 2.23. The molecule has 0 aromatic heterocycles. The number of unbranched alkanes of at least 4 members (excludes halogenated alkanes) is 1. The van der Waals surface area contributed by atoms with Gasteiger partial charge >= 0.3 is 0 Å². The molecule has 0 atom stereocenters. The van der Waals surface area contributed by atoms with E-state index in [0.29, 0.717) is 36.0 Å². The molecule has 0 radical (unpaired) electrons. The Hall–Kier alpha value is -2.60. The monoisotopic (exact) mass is 372 g/mol. The number of para-hydroxylation sites is 3. The van der Waals surface area contributed by atoms with Gasteiger partial charge in [-0.05, 0) is 49.8 Å².